The predicted molar refractivity (Wildman–Crippen MR) is 62.9 cm³/mol. The highest BCUT2D eigenvalue weighted by Gasteiger charge is 2.15. The van der Waals surface area contributed by atoms with Gasteiger partial charge in [0.05, 0.1) is 6.54 Å². The van der Waals surface area contributed by atoms with Gasteiger partial charge in [-0.05, 0) is 6.42 Å². The molecule has 16 heavy (non-hydrogen) atoms. The summed E-state index contributed by atoms with van der Waals surface area (Å²) in [6.45, 7) is 8.72. The van der Waals surface area contributed by atoms with Crippen molar-refractivity contribution in [3.05, 3.63) is 12.2 Å². The van der Waals surface area contributed by atoms with E-state index < -0.39 is 0 Å². The number of aliphatic hydroxyl groups excluding tert-OH is 1. The Hall–Kier alpha value is -0.940. The van der Waals surface area contributed by atoms with E-state index in [1.165, 1.54) is 0 Å². The van der Waals surface area contributed by atoms with Gasteiger partial charge < -0.3 is 10.4 Å². The summed E-state index contributed by atoms with van der Waals surface area (Å²) in [7, 11) is 0. The highest BCUT2D eigenvalue weighted by atomic mass is 16.3. The normalized spacial score (nSPS) is 12.0. The van der Waals surface area contributed by atoms with Crippen LogP contribution in [0.5, 0.6) is 0 Å². The zero-order chi connectivity index (χ0) is 12.0. The average Bonchev–Trinajstić information content (AvgIpc) is 2.66. The first kappa shape index (κ1) is 13.1. The van der Waals surface area contributed by atoms with Crippen molar-refractivity contribution in [3.63, 3.8) is 0 Å². The maximum absolute atomic E-state index is 9.12. The maximum Gasteiger partial charge on any atom is 0.140 e. The van der Waals surface area contributed by atoms with Gasteiger partial charge >= 0.3 is 0 Å². The number of aryl methyl sites for hydroxylation is 1. The van der Waals surface area contributed by atoms with E-state index in [2.05, 4.69) is 22.3 Å². The first-order valence-electron chi connectivity index (χ1n) is 5.77. The van der Waals surface area contributed by atoms with E-state index >= 15 is 0 Å². The summed E-state index contributed by atoms with van der Waals surface area (Å²) in [4.78, 5) is 4.21. The van der Waals surface area contributed by atoms with E-state index in [0.717, 1.165) is 25.3 Å². The van der Waals surface area contributed by atoms with Crippen LogP contribution in [0.3, 0.4) is 0 Å². The fourth-order valence-corrected chi connectivity index (χ4v) is 1.39. The van der Waals surface area contributed by atoms with E-state index in [-0.39, 0.29) is 12.0 Å². The molecule has 92 valence electrons. The molecular formula is C11H22N4O. The number of aromatic nitrogens is 3. The van der Waals surface area contributed by atoms with Crippen LogP contribution in [0.1, 0.15) is 33.0 Å². The largest absolute Gasteiger partial charge is 0.396 e. The quantitative estimate of drug-likeness (QED) is 0.722. The van der Waals surface area contributed by atoms with Crippen LogP contribution < -0.4 is 5.32 Å². The third kappa shape index (κ3) is 3.90. The highest BCUT2D eigenvalue weighted by molar-refractivity contribution is 4.84. The number of nitrogens with one attached hydrogen (secondary N) is 1. The summed E-state index contributed by atoms with van der Waals surface area (Å²) in [5.74, 6) is 0.954. The topological polar surface area (TPSA) is 63.0 Å². The van der Waals surface area contributed by atoms with Crippen LogP contribution in [-0.2, 0) is 13.1 Å². The Morgan fingerprint density at radius 1 is 1.50 bits per heavy atom. The summed E-state index contributed by atoms with van der Waals surface area (Å²) in [6.07, 6.45) is 2.64. The van der Waals surface area contributed by atoms with Crippen LogP contribution in [0, 0.1) is 5.41 Å². The van der Waals surface area contributed by atoms with Gasteiger partial charge in [-0.15, -0.1) is 0 Å². The Morgan fingerprint density at radius 3 is 2.88 bits per heavy atom. The minimum Gasteiger partial charge on any atom is -0.396 e. The lowest BCUT2D eigenvalue weighted by molar-refractivity contribution is 0.156. The predicted octanol–water partition coefficient (Wildman–Crippen LogP) is 0.796. The highest BCUT2D eigenvalue weighted by Crippen LogP contribution is 2.11. The number of rotatable bonds is 7. The third-order valence-electron chi connectivity index (χ3n) is 2.45. The Bertz CT molecular complexity index is 309. The van der Waals surface area contributed by atoms with Crippen molar-refractivity contribution < 1.29 is 5.11 Å². The van der Waals surface area contributed by atoms with Crippen LogP contribution in [-0.4, -0.2) is 33.0 Å². The molecule has 0 saturated heterocycles. The second-order valence-electron chi connectivity index (χ2n) is 4.83. The molecule has 5 nitrogen and oxygen atoms in total. The van der Waals surface area contributed by atoms with Crippen molar-refractivity contribution in [1.29, 1.82) is 0 Å². The van der Waals surface area contributed by atoms with Crippen molar-refractivity contribution in [2.45, 2.75) is 40.3 Å². The molecule has 0 aliphatic rings. The number of hydrogen-bond acceptors (Lipinski definition) is 4. The maximum atomic E-state index is 9.12. The first-order valence-corrected chi connectivity index (χ1v) is 5.77. The Morgan fingerprint density at radius 2 is 2.25 bits per heavy atom. The lowest BCUT2D eigenvalue weighted by Gasteiger charge is -2.21. The minimum absolute atomic E-state index is 0.0877. The molecule has 0 saturated carbocycles. The van der Waals surface area contributed by atoms with Gasteiger partial charge in [-0.3, -0.25) is 0 Å². The lowest BCUT2D eigenvalue weighted by Crippen LogP contribution is -2.32. The molecule has 0 spiro atoms. The molecule has 0 atom stereocenters. The van der Waals surface area contributed by atoms with E-state index in [0.29, 0.717) is 6.54 Å². The molecule has 1 aromatic heterocycles. The van der Waals surface area contributed by atoms with Crippen molar-refractivity contribution in [2.75, 3.05) is 13.2 Å². The monoisotopic (exact) mass is 226 g/mol. The molecule has 1 heterocycles. The zero-order valence-electron chi connectivity index (χ0n) is 10.4. The van der Waals surface area contributed by atoms with Gasteiger partial charge in [0, 0.05) is 25.1 Å². The van der Waals surface area contributed by atoms with Crippen molar-refractivity contribution in [3.8, 4) is 0 Å². The van der Waals surface area contributed by atoms with Crippen LogP contribution >= 0.6 is 0 Å². The lowest BCUT2D eigenvalue weighted by atomic mass is 9.95. The standard InChI is InChI=1S/C11H22N4O/c1-4-5-15-10(13-9-14-15)6-12-7-11(2,3)8-16/h9,12,16H,4-8H2,1-3H3. The number of aliphatic hydroxyl groups is 1. The van der Waals surface area contributed by atoms with Crippen LogP contribution in [0.4, 0.5) is 0 Å². The molecule has 0 bridgehead atoms. The number of nitrogens with zero attached hydrogens (tertiary/aromatic N) is 3. The van der Waals surface area contributed by atoms with Gasteiger partial charge in [0.1, 0.15) is 12.2 Å². The van der Waals surface area contributed by atoms with Crippen LogP contribution in [0.2, 0.25) is 0 Å². The molecule has 0 unspecified atom stereocenters. The molecule has 5 heteroatoms. The Balaban J connectivity index is 2.39. The fraction of sp³-hybridized carbons (Fsp3) is 0.818. The molecule has 0 aliphatic heterocycles. The Kier molecular flexibility index (Phi) is 4.89. The summed E-state index contributed by atoms with van der Waals surface area (Å²) >= 11 is 0. The van der Waals surface area contributed by atoms with Gasteiger partial charge in [-0.1, -0.05) is 20.8 Å². The van der Waals surface area contributed by atoms with Gasteiger partial charge in [0.25, 0.3) is 0 Å². The fourth-order valence-electron chi connectivity index (χ4n) is 1.39. The second kappa shape index (κ2) is 5.96. The first-order chi connectivity index (χ1) is 7.59. The molecule has 0 aromatic carbocycles. The van der Waals surface area contributed by atoms with Crippen LogP contribution in [0.15, 0.2) is 6.33 Å². The molecule has 0 fully saturated rings. The summed E-state index contributed by atoms with van der Waals surface area (Å²) in [6, 6.07) is 0. The summed E-state index contributed by atoms with van der Waals surface area (Å²) in [5.41, 5.74) is -0.0877. The van der Waals surface area contributed by atoms with E-state index in [4.69, 9.17) is 5.11 Å². The van der Waals surface area contributed by atoms with Crippen molar-refractivity contribution in [2.24, 2.45) is 5.41 Å². The van der Waals surface area contributed by atoms with Crippen molar-refractivity contribution in [1.82, 2.24) is 20.1 Å². The smallest absolute Gasteiger partial charge is 0.140 e. The summed E-state index contributed by atoms with van der Waals surface area (Å²) in [5, 5.41) is 16.6. The molecule has 1 rings (SSSR count). The number of hydrogen-bond donors (Lipinski definition) is 2. The molecule has 2 N–H and O–H groups in total. The minimum atomic E-state index is -0.0877. The van der Waals surface area contributed by atoms with Crippen molar-refractivity contribution >= 4 is 0 Å². The Labute approximate surface area is 96.9 Å². The van der Waals surface area contributed by atoms with Gasteiger partial charge in [0.15, 0.2) is 0 Å². The summed E-state index contributed by atoms with van der Waals surface area (Å²) < 4.78 is 1.92. The molecule has 0 aliphatic carbocycles. The van der Waals surface area contributed by atoms with Crippen LogP contribution in [0.25, 0.3) is 0 Å². The SMILES string of the molecule is CCCn1ncnc1CNCC(C)(C)CO. The molecule has 0 amide bonds. The van der Waals surface area contributed by atoms with Gasteiger partial charge in [-0.25, -0.2) is 9.67 Å². The third-order valence-corrected chi connectivity index (χ3v) is 2.45. The second-order valence-corrected chi connectivity index (χ2v) is 4.83. The average molecular weight is 226 g/mol. The van der Waals surface area contributed by atoms with E-state index in [1.807, 2.05) is 18.5 Å². The zero-order valence-corrected chi connectivity index (χ0v) is 10.4. The molecule has 0 radical (unpaired) electrons. The molecular weight excluding hydrogens is 204 g/mol. The van der Waals surface area contributed by atoms with E-state index in [1.54, 1.807) is 6.33 Å². The van der Waals surface area contributed by atoms with E-state index in [9.17, 15) is 0 Å². The van der Waals surface area contributed by atoms with Gasteiger partial charge in [0.2, 0.25) is 0 Å². The van der Waals surface area contributed by atoms with Gasteiger partial charge in [-0.2, -0.15) is 5.10 Å². The molecule has 1 aromatic rings.